The van der Waals surface area contributed by atoms with E-state index in [0.29, 0.717) is 11.4 Å². The zero-order chi connectivity index (χ0) is 17.8. The van der Waals surface area contributed by atoms with Gasteiger partial charge in [-0.1, -0.05) is 11.3 Å². The Labute approximate surface area is 148 Å². The van der Waals surface area contributed by atoms with Gasteiger partial charge < -0.3 is 10.6 Å². The number of rotatable bonds is 4. The summed E-state index contributed by atoms with van der Waals surface area (Å²) in [6.45, 7) is 0.264. The molecule has 3 aromatic heterocycles. The fourth-order valence-electron chi connectivity index (χ4n) is 2.55. The number of hydrogen-bond donors (Lipinski definition) is 2. The van der Waals surface area contributed by atoms with E-state index in [1.165, 1.54) is 0 Å². The van der Waals surface area contributed by atoms with Gasteiger partial charge in [0.1, 0.15) is 5.69 Å². The first-order chi connectivity index (χ1) is 12.8. The molecule has 8 nitrogen and oxygen atoms in total. The molecule has 0 aliphatic rings. The zero-order valence-electron chi connectivity index (χ0n) is 13.7. The van der Waals surface area contributed by atoms with Crippen molar-refractivity contribution in [3.63, 3.8) is 0 Å². The second-order valence-electron chi connectivity index (χ2n) is 5.54. The molecule has 0 saturated carbocycles. The van der Waals surface area contributed by atoms with E-state index in [-0.39, 0.29) is 12.6 Å². The Hall–Kier alpha value is -3.81. The number of amides is 2. The molecule has 128 valence electrons. The van der Waals surface area contributed by atoms with Gasteiger partial charge in [0, 0.05) is 24.0 Å². The predicted octanol–water partition coefficient (Wildman–Crippen LogP) is 2.53. The fraction of sp³-hybridized carbons (Fsp3) is 0.0556. The zero-order valence-corrected chi connectivity index (χ0v) is 13.7. The average molecular weight is 345 g/mol. The van der Waals surface area contributed by atoms with E-state index in [4.69, 9.17) is 0 Å². The molecule has 2 N–H and O–H groups in total. The molecule has 26 heavy (non-hydrogen) atoms. The maximum Gasteiger partial charge on any atom is 0.319 e. The van der Waals surface area contributed by atoms with Crippen LogP contribution in [0.25, 0.3) is 16.6 Å². The quantitative estimate of drug-likeness (QED) is 0.592. The highest BCUT2D eigenvalue weighted by molar-refractivity contribution is 6.00. The average Bonchev–Trinajstić information content (AvgIpc) is 3.17. The van der Waals surface area contributed by atoms with Gasteiger partial charge in [0.15, 0.2) is 0 Å². The Bertz CT molecular complexity index is 1040. The number of hydrogen-bond acceptors (Lipinski definition) is 5. The third kappa shape index (κ3) is 3.34. The monoisotopic (exact) mass is 345 g/mol. The van der Waals surface area contributed by atoms with Crippen molar-refractivity contribution in [3.05, 3.63) is 72.9 Å². The van der Waals surface area contributed by atoms with Crippen molar-refractivity contribution >= 4 is 22.6 Å². The Morgan fingerprint density at radius 2 is 1.92 bits per heavy atom. The number of pyridine rings is 2. The summed E-state index contributed by atoms with van der Waals surface area (Å²) in [6.07, 6.45) is 6.85. The van der Waals surface area contributed by atoms with Crippen molar-refractivity contribution in [2.24, 2.45) is 0 Å². The van der Waals surface area contributed by atoms with Crippen molar-refractivity contribution in [1.29, 1.82) is 0 Å². The first kappa shape index (κ1) is 15.7. The highest BCUT2D eigenvalue weighted by Gasteiger charge is 2.08. The number of nitrogens with zero attached hydrogens (tertiary/aromatic N) is 5. The van der Waals surface area contributed by atoms with Crippen molar-refractivity contribution in [2.75, 3.05) is 5.32 Å². The van der Waals surface area contributed by atoms with Crippen molar-refractivity contribution in [3.8, 4) is 5.69 Å². The lowest BCUT2D eigenvalue weighted by Crippen LogP contribution is -2.28. The van der Waals surface area contributed by atoms with Crippen molar-refractivity contribution < 1.29 is 4.79 Å². The van der Waals surface area contributed by atoms with Gasteiger partial charge in [0.2, 0.25) is 0 Å². The number of anilines is 1. The second kappa shape index (κ2) is 6.98. The minimum atomic E-state index is -0.320. The van der Waals surface area contributed by atoms with E-state index in [1.54, 1.807) is 29.5 Å². The molecule has 0 aliphatic carbocycles. The van der Waals surface area contributed by atoms with E-state index >= 15 is 0 Å². The molecule has 3 heterocycles. The normalized spacial score (nSPS) is 10.6. The van der Waals surface area contributed by atoms with Crippen LogP contribution in [0, 0.1) is 0 Å². The van der Waals surface area contributed by atoms with Crippen LogP contribution in [0.15, 0.2) is 67.3 Å². The van der Waals surface area contributed by atoms with Crippen LogP contribution in [0.5, 0.6) is 0 Å². The molecular formula is C18H15N7O. The molecule has 0 saturated heterocycles. The van der Waals surface area contributed by atoms with Crippen LogP contribution in [0.4, 0.5) is 10.5 Å². The Morgan fingerprint density at radius 1 is 1.04 bits per heavy atom. The molecule has 4 rings (SSSR count). The number of aromatic nitrogens is 5. The lowest BCUT2D eigenvalue weighted by Gasteiger charge is -2.08. The molecular weight excluding hydrogens is 330 g/mol. The van der Waals surface area contributed by atoms with Crippen LogP contribution in [-0.2, 0) is 6.54 Å². The van der Waals surface area contributed by atoms with E-state index in [2.05, 4.69) is 30.9 Å². The van der Waals surface area contributed by atoms with Crippen LogP contribution in [0.3, 0.4) is 0 Å². The van der Waals surface area contributed by atoms with Gasteiger partial charge in [0.25, 0.3) is 0 Å². The molecule has 0 atom stereocenters. The van der Waals surface area contributed by atoms with Gasteiger partial charge in [-0.15, -0.1) is 5.10 Å². The van der Waals surface area contributed by atoms with Crippen LogP contribution in [-0.4, -0.2) is 31.0 Å². The molecule has 1 aromatic carbocycles. The molecule has 2 amide bonds. The molecule has 0 fully saturated rings. The van der Waals surface area contributed by atoms with E-state index in [1.807, 2.05) is 42.5 Å². The van der Waals surface area contributed by atoms with E-state index in [9.17, 15) is 4.79 Å². The molecule has 4 aromatic rings. The minimum absolute atomic E-state index is 0.264. The van der Waals surface area contributed by atoms with Gasteiger partial charge in [0.05, 0.1) is 29.6 Å². The van der Waals surface area contributed by atoms with Gasteiger partial charge in [-0.05, 0) is 36.4 Å². The van der Waals surface area contributed by atoms with Gasteiger partial charge >= 0.3 is 6.03 Å². The van der Waals surface area contributed by atoms with E-state index in [0.717, 1.165) is 16.6 Å². The topological polar surface area (TPSA) is 97.6 Å². The Balaban J connectivity index is 1.41. The summed E-state index contributed by atoms with van der Waals surface area (Å²) >= 11 is 0. The highest BCUT2D eigenvalue weighted by Crippen LogP contribution is 2.21. The molecule has 0 unspecified atom stereocenters. The first-order valence-corrected chi connectivity index (χ1v) is 8.00. The maximum atomic E-state index is 12.2. The largest absolute Gasteiger partial charge is 0.332 e. The summed E-state index contributed by atoms with van der Waals surface area (Å²) in [5, 5.41) is 14.6. The Morgan fingerprint density at radius 3 is 2.81 bits per heavy atom. The number of benzene rings is 1. The van der Waals surface area contributed by atoms with E-state index < -0.39 is 0 Å². The number of carbonyl (C=O) groups is 1. The number of carbonyl (C=O) groups excluding carboxylic acids is 1. The summed E-state index contributed by atoms with van der Waals surface area (Å²) in [6, 6.07) is 12.7. The molecule has 0 spiro atoms. The molecule has 0 aliphatic heterocycles. The van der Waals surface area contributed by atoms with Crippen LogP contribution in [0.2, 0.25) is 0 Å². The lowest BCUT2D eigenvalue weighted by atomic mass is 10.2. The highest BCUT2D eigenvalue weighted by atomic mass is 16.2. The SMILES string of the molecule is O=C(NCc1cn(-c2ccncc2)nn1)Nc1cccc2ncccc12. The maximum absolute atomic E-state index is 12.2. The second-order valence-corrected chi connectivity index (χ2v) is 5.54. The number of nitrogens with one attached hydrogen (secondary N) is 2. The number of fused-ring (bicyclic) bond motifs is 1. The van der Waals surface area contributed by atoms with Crippen LogP contribution >= 0.6 is 0 Å². The lowest BCUT2D eigenvalue weighted by molar-refractivity contribution is 0.251. The van der Waals surface area contributed by atoms with Crippen LogP contribution < -0.4 is 10.6 Å². The van der Waals surface area contributed by atoms with Gasteiger partial charge in [-0.3, -0.25) is 9.97 Å². The smallest absolute Gasteiger partial charge is 0.319 e. The summed E-state index contributed by atoms with van der Waals surface area (Å²) in [5.41, 5.74) is 3.03. The minimum Gasteiger partial charge on any atom is -0.332 e. The van der Waals surface area contributed by atoms with Crippen molar-refractivity contribution in [1.82, 2.24) is 30.3 Å². The fourth-order valence-corrected chi connectivity index (χ4v) is 2.55. The molecule has 8 heteroatoms. The van der Waals surface area contributed by atoms with Crippen molar-refractivity contribution in [2.45, 2.75) is 6.54 Å². The third-order valence-corrected chi connectivity index (χ3v) is 3.79. The Kier molecular flexibility index (Phi) is 4.21. The molecule has 0 bridgehead atoms. The number of urea groups is 1. The summed E-state index contributed by atoms with van der Waals surface area (Å²) in [7, 11) is 0. The first-order valence-electron chi connectivity index (χ1n) is 8.00. The third-order valence-electron chi connectivity index (χ3n) is 3.79. The standard InChI is InChI=1S/C18H15N7O/c26-18(22-17-5-1-4-16-15(17)3-2-8-20-16)21-11-13-12-25(24-23-13)14-6-9-19-10-7-14/h1-10,12H,11H2,(H2,21,22,26). The molecule has 0 radical (unpaired) electrons. The van der Waals surface area contributed by atoms with Gasteiger partial charge in [-0.25, -0.2) is 9.48 Å². The summed E-state index contributed by atoms with van der Waals surface area (Å²) in [4.78, 5) is 20.4. The summed E-state index contributed by atoms with van der Waals surface area (Å²) in [5.74, 6) is 0. The predicted molar refractivity (Wildman–Crippen MR) is 96.8 cm³/mol. The van der Waals surface area contributed by atoms with Crippen LogP contribution in [0.1, 0.15) is 5.69 Å². The van der Waals surface area contributed by atoms with Gasteiger partial charge in [-0.2, -0.15) is 0 Å². The summed E-state index contributed by atoms with van der Waals surface area (Å²) < 4.78 is 1.63.